The van der Waals surface area contributed by atoms with E-state index in [2.05, 4.69) is 10.6 Å². The molecule has 0 atom stereocenters. The van der Waals surface area contributed by atoms with E-state index in [0.717, 1.165) is 4.88 Å². The summed E-state index contributed by atoms with van der Waals surface area (Å²) in [7, 11) is 0. The molecule has 0 saturated carbocycles. The van der Waals surface area contributed by atoms with Crippen molar-refractivity contribution >= 4 is 34.9 Å². The first-order chi connectivity index (χ1) is 12.2. The van der Waals surface area contributed by atoms with E-state index in [0.29, 0.717) is 23.6 Å². The Morgan fingerprint density at radius 2 is 2.04 bits per heavy atom. The molecule has 0 bridgehead atoms. The molecule has 2 aromatic heterocycles. The third kappa shape index (κ3) is 4.92. The predicted molar refractivity (Wildman–Crippen MR) is 98.3 cm³/mol. The van der Waals surface area contributed by atoms with Crippen molar-refractivity contribution in [3.05, 3.63) is 82.5 Å². The van der Waals surface area contributed by atoms with Crippen molar-refractivity contribution in [2.24, 2.45) is 0 Å². The highest BCUT2D eigenvalue weighted by Gasteiger charge is 2.07. The van der Waals surface area contributed by atoms with Crippen LogP contribution in [0.15, 0.2) is 70.7 Å². The van der Waals surface area contributed by atoms with Gasteiger partial charge in [-0.1, -0.05) is 12.1 Å². The molecular weight excluding hydrogens is 336 g/mol. The van der Waals surface area contributed by atoms with Crippen LogP contribution in [0.1, 0.15) is 21.0 Å². The van der Waals surface area contributed by atoms with Crippen molar-refractivity contribution in [1.82, 2.24) is 5.32 Å². The second-order valence-corrected chi connectivity index (χ2v) is 6.16. The summed E-state index contributed by atoms with van der Waals surface area (Å²) in [5.41, 5.74) is 1.03. The Hall–Kier alpha value is -3.12. The predicted octanol–water partition coefficient (Wildman–Crippen LogP) is 3.92. The molecule has 0 aliphatic heterocycles. The molecule has 2 amide bonds. The zero-order valence-electron chi connectivity index (χ0n) is 13.3. The molecule has 3 rings (SSSR count). The number of furan rings is 1. The maximum Gasteiger partial charge on any atom is 0.251 e. The number of anilines is 1. The van der Waals surface area contributed by atoms with Crippen molar-refractivity contribution in [3.8, 4) is 0 Å². The normalized spacial score (nSPS) is 10.7. The SMILES string of the molecule is O=C(/C=C/c1cccs1)Nc1cccc(C(=O)NCc2ccco2)c1. The summed E-state index contributed by atoms with van der Waals surface area (Å²) in [6, 6.07) is 14.2. The molecule has 0 aliphatic rings. The van der Waals surface area contributed by atoms with Gasteiger partial charge in [-0.3, -0.25) is 9.59 Å². The minimum absolute atomic E-state index is 0.235. The van der Waals surface area contributed by atoms with Crippen LogP contribution in [0.3, 0.4) is 0 Å². The third-order valence-corrected chi connectivity index (χ3v) is 4.18. The molecule has 2 N–H and O–H groups in total. The number of carbonyl (C=O) groups is 2. The second kappa shape index (κ2) is 8.12. The molecule has 0 fully saturated rings. The Morgan fingerprint density at radius 1 is 1.12 bits per heavy atom. The van der Waals surface area contributed by atoms with E-state index in [9.17, 15) is 9.59 Å². The van der Waals surface area contributed by atoms with Gasteiger partial charge in [0.15, 0.2) is 0 Å². The Kier molecular flexibility index (Phi) is 5.43. The van der Waals surface area contributed by atoms with E-state index >= 15 is 0 Å². The van der Waals surface area contributed by atoms with Crippen molar-refractivity contribution < 1.29 is 14.0 Å². The van der Waals surface area contributed by atoms with Gasteiger partial charge in [0.05, 0.1) is 12.8 Å². The molecule has 2 heterocycles. The van der Waals surface area contributed by atoms with Gasteiger partial charge in [0.1, 0.15) is 5.76 Å². The summed E-state index contributed by atoms with van der Waals surface area (Å²) >= 11 is 1.55. The zero-order valence-corrected chi connectivity index (χ0v) is 14.1. The summed E-state index contributed by atoms with van der Waals surface area (Å²) < 4.78 is 5.18. The molecule has 0 unspecified atom stereocenters. The standard InChI is InChI=1S/C19H16N2O3S/c22-18(9-8-17-7-3-11-25-17)21-15-5-1-4-14(12-15)19(23)20-13-16-6-2-10-24-16/h1-12H,13H2,(H,20,23)(H,21,22)/b9-8+. The Balaban J connectivity index is 1.58. The maximum atomic E-state index is 12.2. The van der Waals surface area contributed by atoms with Crippen LogP contribution in [-0.2, 0) is 11.3 Å². The minimum Gasteiger partial charge on any atom is -0.467 e. The molecule has 6 heteroatoms. The average Bonchev–Trinajstić information content (AvgIpc) is 3.32. The lowest BCUT2D eigenvalue weighted by Gasteiger charge is -2.06. The Labute approximate surface area is 149 Å². The van der Waals surface area contributed by atoms with Crippen molar-refractivity contribution in [1.29, 1.82) is 0 Å². The topological polar surface area (TPSA) is 71.3 Å². The monoisotopic (exact) mass is 352 g/mol. The number of hydrogen-bond acceptors (Lipinski definition) is 4. The highest BCUT2D eigenvalue weighted by Crippen LogP contribution is 2.13. The summed E-state index contributed by atoms with van der Waals surface area (Å²) in [5, 5.41) is 7.46. The van der Waals surface area contributed by atoms with Gasteiger partial charge < -0.3 is 15.1 Å². The lowest BCUT2D eigenvalue weighted by Crippen LogP contribution is -2.22. The van der Waals surface area contributed by atoms with Crippen LogP contribution in [0.2, 0.25) is 0 Å². The van der Waals surface area contributed by atoms with Crippen LogP contribution in [-0.4, -0.2) is 11.8 Å². The molecule has 0 aliphatic carbocycles. The number of benzene rings is 1. The van der Waals surface area contributed by atoms with Gasteiger partial charge in [-0.25, -0.2) is 0 Å². The zero-order chi connectivity index (χ0) is 17.5. The fourth-order valence-electron chi connectivity index (χ4n) is 2.15. The highest BCUT2D eigenvalue weighted by atomic mass is 32.1. The van der Waals surface area contributed by atoms with Gasteiger partial charge in [-0.05, 0) is 47.9 Å². The molecular formula is C19H16N2O3S. The number of amides is 2. The number of thiophene rings is 1. The number of hydrogen-bond donors (Lipinski definition) is 2. The van der Waals surface area contributed by atoms with E-state index in [1.54, 1.807) is 60.1 Å². The number of rotatable bonds is 6. The molecule has 126 valence electrons. The number of nitrogens with one attached hydrogen (secondary N) is 2. The van der Waals surface area contributed by atoms with E-state index < -0.39 is 0 Å². The summed E-state index contributed by atoms with van der Waals surface area (Å²) in [5.74, 6) is 0.194. The van der Waals surface area contributed by atoms with Crippen LogP contribution < -0.4 is 10.6 Å². The van der Waals surface area contributed by atoms with Crippen LogP contribution in [0, 0.1) is 0 Å². The van der Waals surface area contributed by atoms with Gasteiger partial charge in [0.2, 0.25) is 5.91 Å². The van der Waals surface area contributed by atoms with Crippen LogP contribution >= 0.6 is 11.3 Å². The summed E-state index contributed by atoms with van der Waals surface area (Å²) in [6.07, 6.45) is 4.77. The molecule has 0 radical (unpaired) electrons. The summed E-state index contributed by atoms with van der Waals surface area (Å²) in [6.45, 7) is 0.311. The molecule has 3 aromatic rings. The molecule has 25 heavy (non-hydrogen) atoms. The minimum atomic E-state index is -0.249. The van der Waals surface area contributed by atoms with Crippen molar-refractivity contribution in [3.63, 3.8) is 0 Å². The van der Waals surface area contributed by atoms with E-state index in [-0.39, 0.29) is 11.8 Å². The van der Waals surface area contributed by atoms with Gasteiger partial charge in [0, 0.05) is 22.2 Å². The largest absolute Gasteiger partial charge is 0.467 e. The van der Waals surface area contributed by atoms with Crippen LogP contribution in [0.5, 0.6) is 0 Å². The van der Waals surface area contributed by atoms with E-state index in [1.165, 1.54) is 6.08 Å². The Bertz CT molecular complexity index is 868. The number of carbonyl (C=O) groups excluding carboxylic acids is 2. The lowest BCUT2D eigenvalue weighted by atomic mass is 10.2. The van der Waals surface area contributed by atoms with Crippen LogP contribution in [0.25, 0.3) is 6.08 Å². The molecule has 1 aromatic carbocycles. The molecule has 5 nitrogen and oxygen atoms in total. The first-order valence-electron chi connectivity index (χ1n) is 7.64. The van der Waals surface area contributed by atoms with Gasteiger partial charge in [-0.15, -0.1) is 11.3 Å². The van der Waals surface area contributed by atoms with E-state index in [4.69, 9.17) is 4.42 Å². The quantitative estimate of drug-likeness (QED) is 0.661. The fourth-order valence-corrected chi connectivity index (χ4v) is 2.77. The first-order valence-corrected chi connectivity index (χ1v) is 8.52. The summed E-state index contributed by atoms with van der Waals surface area (Å²) in [4.78, 5) is 25.1. The molecule has 0 spiro atoms. The van der Waals surface area contributed by atoms with Gasteiger partial charge in [-0.2, -0.15) is 0 Å². The fraction of sp³-hybridized carbons (Fsp3) is 0.0526. The van der Waals surface area contributed by atoms with Crippen LogP contribution in [0.4, 0.5) is 5.69 Å². The molecule has 0 saturated heterocycles. The van der Waals surface area contributed by atoms with Crippen molar-refractivity contribution in [2.45, 2.75) is 6.54 Å². The lowest BCUT2D eigenvalue weighted by molar-refractivity contribution is -0.111. The maximum absolute atomic E-state index is 12.2. The first kappa shape index (κ1) is 16.7. The third-order valence-electron chi connectivity index (χ3n) is 3.34. The van der Waals surface area contributed by atoms with E-state index in [1.807, 2.05) is 17.5 Å². The van der Waals surface area contributed by atoms with Gasteiger partial charge in [0.25, 0.3) is 5.91 Å². The Morgan fingerprint density at radius 3 is 2.80 bits per heavy atom. The highest BCUT2D eigenvalue weighted by molar-refractivity contribution is 7.10. The second-order valence-electron chi connectivity index (χ2n) is 5.18. The average molecular weight is 352 g/mol. The van der Waals surface area contributed by atoms with Crippen molar-refractivity contribution in [2.75, 3.05) is 5.32 Å². The van der Waals surface area contributed by atoms with Gasteiger partial charge >= 0.3 is 0 Å². The smallest absolute Gasteiger partial charge is 0.251 e.